The topological polar surface area (TPSA) is 86.3 Å². The fourth-order valence-corrected chi connectivity index (χ4v) is 2.03. The third kappa shape index (κ3) is 7.58. The number of nitrogens with zero attached hydrogens (tertiary/aromatic N) is 2. The Hall–Kier alpha value is -2.05. The van der Waals surface area contributed by atoms with E-state index in [0.29, 0.717) is 12.3 Å². The maximum Gasteiger partial charge on any atom is 0.323 e. The molecule has 138 valence electrons. The van der Waals surface area contributed by atoms with Crippen LogP contribution < -0.4 is 5.73 Å². The Labute approximate surface area is 150 Å². The van der Waals surface area contributed by atoms with Gasteiger partial charge in [-0.2, -0.15) is 0 Å². The van der Waals surface area contributed by atoms with Crippen LogP contribution in [0.2, 0.25) is 0 Å². The first-order valence-electron chi connectivity index (χ1n) is 8.33. The molecule has 1 aromatic carbocycles. The molecule has 1 unspecified atom stereocenters. The smallest absolute Gasteiger partial charge is 0.323 e. The molecule has 0 aliphatic carbocycles. The standard InChI is InChI=1S/C19H29N3O3/c1-7-21-17(22-13(2)24-6)15-10-8-14(9-11-15)12-16(20)18(23)25-19(3,4)5/h7-11,13,16H,12,20H2,1-6H3/t13?,16-/m0/s1. The summed E-state index contributed by atoms with van der Waals surface area (Å²) < 4.78 is 10.5. The Kier molecular flexibility index (Phi) is 7.93. The number of esters is 1. The number of amidine groups is 1. The molecular formula is C19H29N3O3. The average Bonchev–Trinajstić information content (AvgIpc) is 2.53. The lowest BCUT2D eigenvalue weighted by atomic mass is 10.0. The molecule has 0 aliphatic rings. The van der Waals surface area contributed by atoms with Gasteiger partial charge in [0.15, 0.2) is 5.84 Å². The summed E-state index contributed by atoms with van der Waals surface area (Å²) >= 11 is 0. The first-order valence-corrected chi connectivity index (χ1v) is 8.33. The predicted octanol–water partition coefficient (Wildman–Crippen LogP) is 2.73. The zero-order chi connectivity index (χ0) is 19.0. The number of nitrogens with two attached hydrogens (primary N) is 1. The van der Waals surface area contributed by atoms with E-state index in [0.717, 1.165) is 11.1 Å². The summed E-state index contributed by atoms with van der Waals surface area (Å²) in [6.07, 6.45) is 1.82. The summed E-state index contributed by atoms with van der Waals surface area (Å²) in [7, 11) is 1.60. The fourth-order valence-electron chi connectivity index (χ4n) is 2.03. The van der Waals surface area contributed by atoms with Gasteiger partial charge in [0.1, 0.15) is 17.9 Å². The molecule has 6 nitrogen and oxygen atoms in total. The van der Waals surface area contributed by atoms with E-state index in [1.165, 1.54) is 0 Å². The number of ether oxygens (including phenoxy) is 2. The molecule has 0 spiro atoms. The van der Waals surface area contributed by atoms with Crippen molar-refractivity contribution in [2.75, 3.05) is 7.11 Å². The van der Waals surface area contributed by atoms with Crippen LogP contribution in [0, 0.1) is 0 Å². The number of rotatable bonds is 6. The lowest BCUT2D eigenvalue weighted by Gasteiger charge is -2.22. The SMILES string of the molecule is CC=NC(=NC(C)OC)c1ccc(C[C@H](N)C(=O)OC(C)(C)C)cc1. The van der Waals surface area contributed by atoms with Gasteiger partial charge in [-0.05, 0) is 46.6 Å². The van der Waals surface area contributed by atoms with Crippen LogP contribution in [0.4, 0.5) is 0 Å². The number of hydrogen-bond acceptors (Lipinski definition) is 5. The van der Waals surface area contributed by atoms with Gasteiger partial charge in [0, 0.05) is 18.9 Å². The Morgan fingerprint density at radius 2 is 1.88 bits per heavy atom. The van der Waals surface area contributed by atoms with Crippen molar-refractivity contribution in [1.29, 1.82) is 0 Å². The van der Waals surface area contributed by atoms with Crippen molar-refractivity contribution in [3.63, 3.8) is 0 Å². The molecule has 2 atom stereocenters. The molecule has 0 fully saturated rings. The van der Waals surface area contributed by atoms with Gasteiger partial charge in [-0.25, -0.2) is 9.98 Å². The number of carbonyl (C=O) groups is 1. The van der Waals surface area contributed by atoms with E-state index >= 15 is 0 Å². The monoisotopic (exact) mass is 347 g/mol. The Balaban J connectivity index is 2.84. The molecule has 25 heavy (non-hydrogen) atoms. The molecule has 2 N–H and O–H groups in total. The van der Waals surface area contributed by atoms with E-state index in [1.54, 1.807) is 13.3 Å². The zero-order valence-electron chi connectivity index (χ0n) is 15.9. The third-order valence-corrected chi connectivity index (χ3v) is 3.27. The van der Waals surface area contributed by atoms with Crippen LogP contribution in [0.1, 0.15) is 45.7 Å². The minimum absolute atomic E-state index is 0.279. The van der Waals surface area contributed by atoms with Gasteiger partial charge in [0.2, 0.25) is 0 Å². The molecule has 0 radical (unpaired) electrons. The highest BCUT2D eigenvalue weighted by atomic mass is 16.6. The molecule has 0 heterocycles. The number of hydrogen-bond donors (Lipinski definition) is 1. The van der Waals surface area contributed by atoms with Crippen molar-refractivity contribution in [3.8, 4) is 0 Å². The second-order valence-corrected chi connectivity index (χ2v) is 6.72. The summed E-state index contributed by atoms with van der Waals surface area (Å²) in [6.45, 7) is 9.15. The average molecular weight is 347 g/mol. The first-order chi connectivity index (χ1) is 11.7. The maximum absolute atomic E-state index is 12.0. The summed E-state index contributed by atoms with van der Waals surface area (Å²) in [5, 5.41) is 0. The highest BCUT2D eigenvalue weighted by Crippen LogP contribution is 2.12. The maximum atomic E-state index is 12.0. The molecular weight excluding hydrogens is 318 g/mol. The van der Waals surface area contributed by atoms with Gasteiger partial charge in [-0.3, -0.25) is 4.79 Å². The van der Waals surface area contributed by atoms with Crippen LogP contribution >= 0.6 is 0 Å². The summed E-state index contributed by atoms with van der Waals surface area (Å²) in [6, 6.07) is 6.95. The van der Waals surface area contributed by atoms with Crippen molar-refractivity contribution in [2.45, 2.75) is 58.9 Å². The second-order valence-electron chi connectivity index (χ2n) is 6.72. The lowest BCUT2D eigenvalue weighted by molar-refractivity contribution is -0.156. The van der Waals surface area contributed by atoms with Crippen LogP contribution in [0.15, 0.2) is 34.3 Å². The zero-order valence-corrected chi connectivity index (χ0v) is 15.9. The predicted molar refractivity (Wildman–Crippen MR) is 101 cm³/mol. The molecule has 0 saturated heterocycles. The normalized spacial score (nSPS) is 15.2. The third-order valence-electron chi connectivity index (χ3n) is 3.27. The highest BCUT2D eigenvalue weighted by Gasteiger charge is 2.22. The molecule has 1 rings (SSSR count). The van der Waals surface area contributed by atoms with Gasteiger partial charge in [0.25, 0.3) is 0 Å². The molecule has 0 aromatic heterocycles. The van der Waals surface area contributed by atoms with Gasteiger partial charge >= 0.3 is 5.97 Å². The van der Waals surface area contributed by atoms with Gasteiger partial charge in [-0.15, -0.1) is 0 Å². The van der Waals surface area contributed by atoms with Crippen molar-refractivity contribution in [2.24, 2.45) is 15.7 Å². The minimum Gasteiger partial charge on any atom is -0.459 e. The lowest BCUT2D eigenvalue weighted by Crippen LogP contribution is -2.38. The van der Waals surface area contributed by atoms with Crippen LogP contribution in [0.25, 0.3) is 0 Å². The second kappa shape index (κ2) is 9.44. The highest BCUT2D eigenvalue weighted by molar-refractivity contribution is 6.02. The van der Waals surface area contributed by atoms with Gasteiger partial charge in [-0.1, -0.05) is 24.3 Å². The van der Waals surface area contributed by atoms with Gasteiger partial charge in [0.05, 0.1) is 0 Å². The largest absolute Gasteiger partial charge is 0.459 e. The first kappa shape index (κ1) is 21.0. The van der Waals surface area contributed by atoms with E-state index in [-0.39, 0.29) is 6.23 Å². The van der Waals surface area contributed by atoms with Crippen LogP contribution in [0.5, 0.6) is 0 Å². The van der Waals surface area contributed by atoms with E-state index < -0.39 is 17.6 Å². The Morgan fingerprint density at radius 1 is 1.28 bits per heavy atom. The number of aliphatic imine (C=N–C) groups is 2. The van der Waals surface area contributed by atoms with Crippen LogP contribution in [0.3, 0.4) is 0 Å². The number of benzene rings is 1. The molecule has 0 saturated carbocycles. The minimum atomic E-state index is -0.694. The number of carbonyl (C=O) groups excluding carboxylic acids is 1. The Bertz CT molecular complexity index is 616. The van der Waals surface area contributed by atoms with E-state index in [2.05, 4.69) is 9.98 Å². The van der Waals surface area contributed by atoms with Crippen LogP contribution in [-0.2, 0) is 20.7 Å². The van der Waals surface area contributed by atoms with Crippen LogP contribution in [-0.4, -0.2) is 43.0 Å². The molecule has 0 aliphatic heterocycles. The molecule has 6 heteroatoms. The van der Waals surface area contributed by atoms with Crippen molar-refractivity contribution in [1.82, 2.24) is 0 Å². The van der Waals surface area contributed by atoms with E-state index in [1.807, 2.05) is 58.9 Å². The summed E-state index contributed by atoms with van der Waals surface area (Å²) in [4.78, 5) is 20.7. The summed E-state index contributed by atoms with van der Waals surface area (Å²) in [5.74, 6) is 0.197. The van der Waals surface area contributed by atoms with Crippen molar-refractivity contribution < 1.29 is 14.3 Å². The summed E-state index contributed by atoms with van der Waals surface area (Å²) in [5.41, 5.74) is 7.22. The van der Waals surface area contributed by atoms with E-state index in [9.17, 15) is 4.79 Å². The van der Waals surface area contributed by atoms with E-state index in [4.69, 9.17) is 15.2 Å². The van der Waals surface area contributed by atoms with Crippen molar-refractivity contribution >= 4 is 18.0 Å². The molecule has 0 amide bonds. The van der Waals surface area contributed by atoms with Gasteiger partial charge < -0.3 is 15.2 Å². The molecule has 1 aromatic rings. The Morgan fingerprint density at radius 3 is 2.36 bits per heavy atom. The quantitative estimate of drug-likeness (QED) is 0.487. The number of methoxy groups -OCH3 is 1. The van der Waals surface area contributed by atoms with Crippen molar-refractivity contribution in [3.05, 3.63) is 35.4 Å². The molecule has 0 bridgehead atoms. The fraction of sp³-hybridized carbons (Fsp3) is 0.526.